The van der Waals surface area contributed by atoms with Crippen molar-refractivity contribution in [3.05, 3.63) is 48.1 Å². The van der Waals surface area contributed by atoms with Gasteiger partial charge in [-0.25, -0.2) is 4.98 Å². The Labute approximate surface area is 168 Å². The molecule has 0 aliphatic carbocycles. The van der Waals surface area contributed by atoms with Crippen molar-refractivity contribution in [2.24, 2.45) is 11.7 Å². The summed E-state index contributed by atoms with van der Waals surface area (Å²) >= 11 is 0. The Kier molecular flexibility index (Phi) is 5.21. The lowest BCUT2D eigenvalue weighted by Crippen LogP contribution is -2.55. The molecule has 0 radical (unpaired) electrons. The molecule has 0 bridgehead atoms. The van der Waals surface area contributed by atoms with Crippen LogP contribution >= 0.6 is 0 Å². The molecule has 4 N–H and O–H groups in total. The predicted octanol–water partition coefficient (Wildman–Crippen LogP) is 2.18. The van der Waals surface area contributed by atoms with Crippen molar-refractivity contribution in [2.45, 2.75) is 32.4 Å². The summed E-state index contributed by atoms with van der Waals surface area (Å²) in [4.78, 5) is 23.6. The third-order valence-electron chi connectivity index (χ3n) is 5.45. The van der Waals surface area contributed by atoms with Crippen LogP contribution in [0.5, 0.6) is 0 Å². The van der Waals surface area contributed by atoms with Gasteiger partial charge < -0.3 is 25.5 Å². The number of furan rings is 1. The summed E-state index contributed by atoms with van der Waals surface area (Å²) in [5, 5.41) is 13.1. The third kappa shape index (κ3) is 3.68. The summed E-state index contributed by atoms with van der Waals surface area (Å²) in [6.45, 7) is 5.12. The molecule has 29 heavy (non-hydrogen) atoms. The molecule has 1 aliphatic heterocycles. The number of piperidine rings is 1. The maximum atomic E-state index is 12.9. The van der Waals surface area contributed by atoms with Crippen molar-refractivity contribution in [3.8, 4) is 0 Å². The Morgan fingerprint density at radius 1 is 1.38 bits per heavy atom. The van der Waals surface area contributed by atoms with E-state index in [-0.39, 0.29) is 17.9 Å². The Morgan fingerprint density at radius 2 is 2.21 bits per heavy atom. The second-order valence-electron chi connectivity index (χ2n) is 7.54. The Morgan fingerprint density at radius 3 is 2.97 bits per heavy atom. The second kappa shape index (κ2) is 7.81. The molecule has 3 aromatic heterocycles. The van der Waals surface area contributed by atoms with Crippen LogP contribution in [0.15, 0.2) is 41.3 Å². The molecule has 8 nitrogen and oxygen atoms in total. The minimum Gasteiger partial charge on any atom is -0.462 e. The van der Waals surface area contributed by atoms with E-state index >= 15 is 0 Å². The lowest BCUT2D eigenvalue weighted by atomic mass is 9.92. The zero-order valence-electron chi connectivity index (χ0n) is 16.5. The molecule has 8 heteroatoms. The van der Waals surface area contributed by atoms with Crippen molar-refractivity contribution < 1.29 is 14.3 Å². The average molecular weight is 395 g/mol. The van der Waals surface area contributed by atoms with Crippen LogP contribution in [0, 0.1) is 5.92 Å². The summed E-state index contributed by atoms with van der Waals surface area (Å²) < 4.78 is 5.48. The molecule has 0 saturated carbocycles. The number of nitrogens with zero attached hydrogens (tertiary/aromatic N) is 3. The maximum absolute atomic E-state index is 12.9. The highest BCUT2D eigenvalue weighted by Crippen LogP contribution is 2.29. The lowest BCUT2D eigenvalue weighted by molar-refractivity contribution is 0.0785. The first-order valence-electron chi connectivity index (χ1n) is 9.79. The molecule has 3 aromatic rings. The van der Waals surface area contributed by atoms with Crippen LogP contribution in [0.1, 0.15) is 29.9 Å². The van der Waals surface area contributed by atoms with Gasteiger partial charge in [-0.05, 0) is 24.6 Å². The topological polar surface area (TPSA) is 118 Å². The third-order valence-corrected chi connectivity index (χ3v) is 5.45. The van der Waals surface area contributed by atoms with Gasteiger partial charge in [0.05, 0.1) is 29.9 Å². The molecule has 4 heterocycles. The number of anilines is 2. The number of hydrogen-bond donors (Lipinski definition) is 3. The Hall–Kier alpha value is -2.97. The zero-order valence-corrected chi connectivity index (χ0v) is 16.5. The van der Waals surface area contributed by atoms with E-state index in [1.807, 2.05) is 19.9 Å². The molecule has 3 unspecified atom stereocenters. The van der Waals surface area contributed by atoms with E-state index in [4.69, 9.17) is 10.2 Å². The van der Waals surface area contributed by atoms with Crippen LogP contribution in [0.25, 0.3) is 11.1 Å². The fourth-order valence-corrected chi connectivity index (χ4v) is 3.80. The number of amides is 1. The first-order valence-corrected chi connectivity index (χ1v) is 9.79. The molecule has 1 aliphatic rings. The number of hydrogen-bond acceptors (Lipinski definition) is 7. The van der Waals surface area contributed by atoms with Gasteiger partial charge in [-0.3, -0.25) is 9.78 Å². The fourth-order valence-electron chi connectivity index (χ4n) is 3.80. The number of carbonyl (C=O) groups is 1. The largest absolute Gasteiger partial charge is 0.462 e. The number of nitrogens with one attached hydrogen (secondary N) is 1. The quantitative estimate of drug-likeness (QED) is 0.620. The highest BCUT2D eigenvalue weighted by atomic mass is 16.3. The van der Waals surface area contributed by atoms with Gasteiger partial charge in [-0.1, -0.05) is 13.8 Å². The van der Waals surface area contributed by atoms with Crippen LogP contribution in [-0.4, -0.2) is 46.2 Å². The number of aliphatic hydroxyl groups excluding tert-OH is 1. The molecule has 1 fully saturated rings. The van der Waals surface area contributed by atoms with Gasteiger partial charge in [0.1, 0.15) is 11.2 Å². The summed E-state index contributed by atoms with van der Waals surface area (Å²) in [5.41, 5.74) is 10.1. The molecule has 0 spiro atoms. The lowest BCUT2D eigenvalue weighted by Gasteiger charge is -2.40. The monoisotopic (exact) mass is 395 g/mol. The number of aromatic nitrogens is 2. The Bertz CT molecular complexity index is 1020. The van der Waals surface area contributed by atoms with E-state index in [2.05, 4.69) is 20.2 Å². The minimum absolute atomic E-state index is 0.0214. The molecular formula is C21H25N5O3. The SMILES string of the molecule is CCc1coc2ccc(C(=O)Nc3cnccc3N3CC(C)C(O)C(N)C3)nc12. The smallest absolute Gasteiger partial charge is 0.274 e. The number of aliphatic hydroxyl groups is 1. The van der Waals surface area contributed by atoms with E-state index in [1.165, 1.54) is 0 Å². The van der Waals surface area contributed by atoms with Gasteiger partial charge >= 0.3 is 0 Å². The highest BCUT2D eigenvalue weighted by molar-refractivity contribution is 6.05. The number of pyridine rings is 2. The van der Waals surface area contributed by atoms with Crippen LogP contribution in [0.3, 0.4) is 0 Å². The van der Waals surface area contributed by atoms with Gasteiger partial charge in [0.25, 0.3) is 5.91 Å². The van der Waals surface area contributed by atoms with Crippen molar-refractivity contribution in [1.82, 2.24) is 9.97 Å². The minimum atomic E-state index is -0.537. The van der Waals surface area contributed by atoms with Gasteiger partial charge in [0.2, 0.25) is 0 Å². The van der Waals surface area contributed by atoms with E-state index in [9.17, 15) is 9.90 Å². The fraction of sp³-hybridized carbons (Fsp3) is 0.381. The standard InChI is InChI=1S/C21H25N5O3/c1-3-13-11-29-18-5-4-15(24-19(13)18)21(28)25-16-8-23-7-6-17(16)26-9-12(2)20(27)14(22)10-26/h4-8,11-12,14,20,27H,3,9-10,22H2,1-2H3,(H,25,28). The van der Waals surface area contributed by atoms with Gasteiger partial charge in [-0.15, -0.1) is 0 Å². The van der Waals surface area contributed by atoms with E-state index < -0.39 is 6.10 Å². The van der Waals surface area contributed by atoms with Gasteiger partial charge in [0.15, 0.2) is 5.58 Å². The van der Waals surface area contributed by atoms with Crippen molar-refractivity contribution in [3.63, 3.8) is 0 Å². The van der Waals surface area contributed by atoms with E-state index in [1.54, 1.807) is 30.8 Å². The second-order valence-corrected chi connectivity index (χ2v) is 7.54. The Balaban J connectivity index is 1.59. The molecule has 152 valence electrons. The number of carbonyl (C=O) groups excluding carboxylic acids is 1. The summed E-state index contributed by atoms with van der Waals surface area (Å²) in [6.07, 6.45) is 5.20. The van der Waals surface area contributed by atoms with Crippen LogP contribution in [-0.2, 0) is 6.42 Å². The molecular weight excluding hydrogens is 370 g/mol. The first-order chi connectivity index (χ1) is 14.0. The van der Waals surface area contributed by atoms with Crippen LogP contribution in [0.2, 0.25) is 0 Å². The van der Waals surface area contributed by atoms with Crippen LogP contribution in [0.4, 0.5) is 11.4 Å². The first kappa shape index (κ1) is 19.4. The van der Waals surface area contributed by atoms with E-state index in [0.29, 0.717) is 35.6 Å². The van der Waals surface area contributed by atoms with Gasteiger partial charge in [-0.2, -0.15) is 0 Å². The van der Waals surface area contributed by atoms with Crippen LogP contribution < -0.4 is 16.0 Å². The van der Waals surface area contributed by atoms with Gasteiger partial charge in [0, 0.05) is 36.8 Å². The molecule has 3 atom stereocenters. The van der Waals surface area contributed by atoms with Crippen molar-refractivity contribution >= 4 is 28.4 Å². The maximum Gasteiger partial charge on any atom is 0.274 e. The number of aryl methyl sites for hydroxylation is 1. The summed E-state index contributed by atoms with van der Waals surface area (Å²) in [7, 11) is 0. The summed E-state index contributed by atoms with van der Waals surface area (Å²) in [6, 6.07) is 4.89. The molecule has 4 rings (SSSR count). The number of rotatable bonds is 4. The number of fused-ring (bicyclic) bond motifs is 1. The molecule has 1 amide bonds. The van der Waals surface area contributed by atoms with Crippen molar-refractivity contribution in [1.29, 1.82) is 0 Å². The molecule has 0 aromatic carbocycles. The predicted molar refractivity (Wildman–Crippen MR) is 111 cm³/mol. The normalized spacial score (nSPS) is 22.1. The molecule has 1 saturated heterocycles. The average Bonchev–Trinajstić information content (AvgIpc) is 3.14. The summed E-state index contributed by atoms with van der Waals surface area (Å²) in [5.74, 6) is -0.299. The van der Waals surface area contributed by atoms with Crippen molar-refractivity contribution in [2.75, 3.05) is 23.3 Å². The van der Waals surface area contributed by atoms with E-state index in [0.717, 1.165) is 17.7 Å². The number of nitrogens with two attached hydrogens (primary N) is 1. The zero-order chi connectivity index (χ0) is 20.5. The highest BCUT2D eigenvalue weighted by Gasteiger charge is 2.32.